The lowest BCUT2D eigenvalue weighted by Crippen LogP contribution is -2.51. The minimum atomic E-state index is 0.106. The lowest BCUT2D eigenvalue weighted by atomic mass is 9.59. The van der Waals surface area contributed by atoms with Crippen LogP contribution < -0.4 is 0 Å². The zero-order valence-electron chi connectivity index (χ0n) is 16.3. The molecule has 3 aliphatic carbocycles. The second-order valence-electron chi connectivity index (χ2n) is 8.97. The van der Waals surface area contributed by atoms with Crippen molar-refractivity contribution in [2.45, 2.75) is 87.8 Å². The van der Waals surface area contributed by atoms with Crippen LogP contribution in [0.1, 0.15) is 77.0 Å². The lowest BCUT2D eigenvalue weighted by Gasteiger charge is -2.53. The predicted octanol–water partition coefficient (Wildman–Crippen LogP) is 6.53. The minimum absolute atomic E-state index is 0.106. The van der Waals surface area contributed by atoms with Gasteiger partial charge in [0.15, 0.2) is 0 Å². The Morgan fingerprint density at radius 3 is 1.41 bits per heavy atom. The summed E-state index contributed by atoms with van der Waals surface area (Å²) in [5.41, 5.74) is 0. The van der Waals surface area contributed by atoms with Gasteiger partial charge < -0.3 is 0 Å². The first-order valence-electron chi connectivity index (χ1n) is 10.7. The van der Waals surface area contributed by atoms with Gasteiger partial charge in [-0.2, -0.15) is 10.5 Å². The van der Waals surface area contributed by atoms with Crippen molar-refractivity contribution in [3.05, 3.63) is 0 Å². The van der Waals surface area contributed by atoms with Crippen molar-refractivity contribution in [3.63, 3.8) is 0 Å². The van der Waals surface area contributed by atoms with Gasteiger partial charge in [-0.1, -0.05) is 0 Å². The van der Waals surface area contributed by atoms with Crippen LogP contribution >= 0.6 is 21.7 Å². The van der Waals surface area contributed by atoms with Gasteiger partial charge in [0.05, 0.1) is 12.1 Å². The van der Waals surface area contributed by atoms with Gasteiger partial charge in [0.2, 0.25) is 0 Å². The molecule has 0 N–H and O–H groups in total. The molecule has 3 fully saturated rings. The van der Waals surface area contributed by atoms with Crippen LogP contribution in [0.15, 0.2) is 4.99 Å². The highest BCUT2D eigenvalue weighted by atomic mass is 35.7. The highest BCUT2D eigenvalue weighted by Crippen LogP contribution is 2.59. The van der Waals surface area contributed by atoms with Crippen molar-refractivity contribution in [3.8, 4) is 12.1 Å². The van der Waals surface area contributed by atoms with Crippen molar-refractivity contribution < 1.29 is 0 Å². The maximum absolute atomic E-state index is 9.32. The van der Waals surface area contributed by atoms with Crippen LogP contribution in [0.3, 0.4) is 0 Å². The first-order valence-corrected chi connectivity index (χ1v) is 12.4. The number of nitriles is 2. The monoisotopic (exact) mass is 405 g/mol. The summed E-state index contributed by atoms with van der Waals surface area (Å²) in [5, 5.41) is 18.6. The van der Waals surface area contributed by atoms with Gasteiger partial charge in [-0.3, -0.25) is 4.99 Å². The van der Waals surface area contributed by atoms with Gasteiger partial charge in [-0.25, -0.2) is 0 Å². The zero-order chi connectivity index (χ0) is 19.3. The number of rotatable bonds is 5. The van der Waals surface area contributed by atoms with Gasteiger partial charge in [0, 0.05) is 22.6 Å². The molecule has 0 aromatic carbocycles. The second-order valence-corrected chi connectivity index (χ2v) is 10.3. The van der Waals surface area contributed by atoms with Gasteiger partial charge in [0.25, 0.3) is 0 Å². The molecule has 0 atom stereocenters. The Hall–Kier alpha value is -0.710. The molecule has 148 valence electrons. The third-order valence-electron chi connectivity index (χ3n) is 7.82. The maximum atomic E-state index is 9.32. The standard InChI is InChI=1S/C22H32ClN3S/c1-26-21-12-10-20(11-13-21)22(27-23,18-6-2-16(14-24)3-7-18)19-8-4-17(15-25)5-9-19/h16-21H,1-13H2. The number of nitrogens with zero attached hydrogens (tertiary/aromatic N) is 3. The fourth-order valence-corrected chi connectivity index (χ4v) is 8.46. The Morgan fingerprint density at radius 1 is 0.741 bits per heavy atom. The van der Waals surface area contributed by atoms with Gasteiger partial charge in [-0.15, -0.1) is 0 Å². The van der Waals surface area contributed by atoms with Gasteiger partial charge in [-0.05, 0) is 123 Å². The summed E-state index contributed by atoms with van der Waals surface area (Å²) in [4.78, 5) is 4.30. The summed E-state index contributed by atoms with van der Waals surface area (Å²) in [5.74, 6) is 2.30. The van der Waals surface area contributed by atoms with E-state index < -0.39 is 0 Å². The number of halogens is 1. The SMILES string of the molecule is C=NC1CCC(C(SCl)(C2CCC(C#N)CC2)C2CCC(C#N)CC2)CC1. The molecule has 0 amide bonds. The summed E-state index contributed by atoms with van der Waals surface area (Å²) in [6.45, 7) is 3.76. The fourth-order valence-electron chi connectivity index (χ4n) is 6.25. The third-order valence-corrected chi connectivity index (χ3v) is 9.89. The first-order chi connectivity index (χ1) is 13.2. The van der Waals surface area contributed by atoms with Gasteiger partial charge >= 0.3 is 0 Å². The van der Waals surface area contributed by atoms with E-state index >= 15 is 0 Å². The predicted molar refractivity (Wildman–Crippen MR) is 114 cm³/mol. The Kier molecular flexibility index (Phi) is 7.52. The molecule has 0 radical (unpaired) electrons. The van der Waals surface area contributed by atoms with Crippen LogP contribution in [0.4, 0.5) is 0 Å². The molecule has 0 saturated heterocycles. The molecular weight excluding hydrogens is 374 g/mol. The molecule has 0 heterocycles. The topological polar surface area (TPSA) is 59.9 Å². The van der Waals surface area contributed by atoms with E-state index in [0.29, 0.717) is 23.8 Å². The van der Waals surface area contributed by atoms with Crippen LogP contribution in [0.2, 0.25) is 0 Å². The molecule has 0 aromatic heterocycles. The molecule has 0 unspecified atom stereocenters. The van der Waals surface area contributed by atoms with Crippen molar-refractivity contribution in [1.82, 2.24) is 0 Å². The summed E-state index contributed by atoms with van der Waals surface area (Å²) >= 11 is 0. The van der Waals surface area contributed by atoms with Crippen molar-refractivity contribution in [2.24, 2.45) is 34.6 Å². The van der Waals surface area contributed by atoms with E-state index in [-0.39, 0.29) is 16.6 Å². The van der Waals surface area contributed by atoms with E-state index in [1.165, 1.54) is 12.8 Å². The van der Waals surface area contributed by atoms with E-state index in [2.05, 4.69) is 23.8 Å². The quantitative estimate of drug-likeness (QED) is 0.488. The molecule has 27 heavy (non-hydrogen) atoms. The summed E-state index contributed by atoms with van der Waals surface area (Å²) in [6, 6.07) is 5.39. The Bertz CT molecular complexity index is 537. The van der Waals surface area contributed by atoms with Crippen LogP contribution in [0, 0.1) is 52.3 Å². The largest absolute Gasteiger partial charge is 0.298 e. The molecule has 5 heteroatoms. The summed E-state index contributed by atoms with van der Waals surface area (Å²) < 4.78 is 0.106. The van der Waals surface area contributed by atoms with E-state index in [4.69, 9.17) is 10.7 Å². The Labute approximate surface area is 173 Å². The molecule has 3 nitrogen and oxygen atoms in total. The third kappa shape index (κ3) is 4.33. The average Bonchev–Trinajstić information content (AvgIpc) is 2.76. The smallest absolute Gasteiger partial charge is 0.0655 e. The molecule has 0 bridgehead atoms. The summed E-state index contributed by atoms with van der Waals surface area (Å²) in [7, 11) is 8.41. The van der Waals surface area contributed by atoms with Crippen molar-refractivity contribution in [1.29, 1.82) is 10.5 Å². The number of hydrogen-bond donors (Lipinski definition) is 0. The highest BCUT2D eigenvalue weighted by Gasteiger charge is 2.52. The lowest BCUT2D eigenvalue weighted by molar-refractivity contribution is 0.0871. The molecule has 0 aliphatic heterocycles. The van der Waals surface area contributed by atoms with E-state index in [9.17, 15) is 10.5 Å². The van der Waals surface area contributed by atoms with Crippen molar-refractivity contribution >= 4 is 28.4 Å². The fraction of sp³-hybridized carbons (Fsp3) is 0.864. The average molecular weight is 406 g/mol. The number of hydrogen-bond acceptors (Lipinski definition) is 4. The highest BCUT2D eigenvalue weighted by molar-refractivity contribution is 8.22. The Balaban J connectivity index is 1.82. The van der Waals surface area contributed by atoms with Crippen molar-refractivity contribution in [2.75, 3.05) is 0 Å². The molecule has 3 aliphatic rings. The zero-order valence-corrected chi connectivity index (χ0v) is 17.9. The van der Waals surface area contributed by atoms with Crippen LogP contribution in [-0.4, -0.2) is 17.5 Å². The molecular formula is C22H32ClN3S. The van der Waals surface area contributed by atoms with E-state index in [1.807, 2.05) is 0 Å². The van der Waals surface area contributed by atoms with Crippen LogP contribution in [-0.2, 0) is 0 Å². The molecule has 3 saturated carbocycles. The minimum Gasteiger partial charge on any atom is -0.298 e. The Morgan fingerprint density at radius 2 is 1.11 bits per heavy atom. The normalized spacial score (nSPS) is 39.5. The molecule has 0 aromatic rings. The maximum Gasteiger partial charge on any atom is 0.0655 e. The number of aliphatic imine (C=N–C) groups is 1. The molecule has 3 rings (SSSR count). The van der Waals surface area contributed by atoms with Crippen LogP contribution in [0.5, 0.6) is 0 Å². The second kappa shape index (κ2) is 9.67. The first kappa shape index (κ1) is 21.0. The molecule has 0 spiro atoms. The summed E-state index contributed by atoms with van der Waals surface area (Å²) in [6.07, 6.45) is 13.3. The van der Waals surface area contributed by atoms with E-state index in [0.717, 1.165) is 64.2 Å². The van der Waals surface area contributed by atoms with Crippen LogP contribution in [0.25, 0.3) is 0 Å². The van der Waals surface area contributed by atoms with E-state index in [1.54, 1.807) is 11.0 Å². The van der Waals surface area contributed by atoms with Gasteiger partial charge in [0.1, 0.15) is 0 Å².